The molecule has 16 heavy (non-hydrogen) atoms. The molecule has 0 bridgehead atoms. The third-order valence-corrected chi connectivity index (χ3v) is 1.56. The van der Waals surface area contributed by atoms with E-state index in [1.54, 1.807) is 20.8 Å². The van der Waals surface area contributed by atoms with Crippen LogP contribution in [0.3, 0.4) is 0 Å². The lowest BCUT2D eigenvalue weighted by atomic mass is 10.2. The molecule has 0 amide bonds. The van der Waals surface area contributed by atoms with E-state index >= 15 is 0 Å². The Morgan fingerprint density at radius 3 is 2.50 bits per heavy atom. The number of hydrogen-bond donors (Lipinski definition) is 0. The van der Waals surface area contributed by atoms with Gasteiger partial charge in [0, 0.05) is 6.20 Å². The fourth-order valence-corrected chi connectivity index (χ4v) is 0.948. The molecule has 0 N–H and O–H groups in total. The van der Waals surface area contributed by atoms with Crippen molar-refractivity contribution >= 4 is 12.1 Å². The number of carbonyl (C=O) groups excluding carboxylic acids is 2. The van der Waals surface area contributed by atoms with Crippen LogP contribution in [0.25, 0.3) is 0 Å². The molecule has 0 fully saturated rings. The first-order valence-electron chi connectivity index (χ1n) is 4.71. The highest BCUT2D eigenvalue weighted by atomic mass is 16.6. The van der Waals surface area contributed by atoms with Crippen LogP contribution in [0.4, 0.5) is 4.79 Å². The summed E-state index contributed by atoms with van der Waals surface area (Å²) in [5, 5.41) is 3.73. The number of aromatic nitrogens is 2. The molecule has 0 aliphatic heterocycles. The first kappa shape index (κ1) is 12.2. The van der Waals surface area contributed by atoms with Crippen LogP contribution >= 0.6 is 0 Å². The molecule has 0 saturated heterocycles. The number of rotatable bonds is 1. The number of methoxy groups -OCH3 is 1. The Balaban J connectivity index is 2.78. The van der Waals surface area contributed by atoms with E-state index in [9.17, 15) is 9.59 Å². The van der Waals surface area contributed by atoms with Crippen molar-refractivity contribution in [3.05, 3.63) is 18.0 Å². The average Bonchev–Trinajstić information content (AvgIpc) is 2.62. The molecule has 1 aromatic rings. The molecule has 1 rings (SSSR count). The van der Waals surface area contributed by atoms with Crippen LogP contribution in [0.2, 0.25) is 0 Å². The second-order valence-corrected chi connectivity index (χ2v) is 4.12. The van der Waals surface area contributed by atoms with Gasteiger partial charge in [-0.05, 0) is 26.8 Å². The standard InChI is InChI=1S/C10H14N2O4/c1-10(2,3)16-9(14)12-6-5-7(11-12)8(13)15-4/h5-6H,1-4H3. The summed E-state index contributed by atoms with van der Waals surface area (Å²) in [4.78, 5) is 22.6. The first-order valence-corrected chi connectivity index (χ1v) is 4.71. The van der Waals surface area contributed by atoms with Gasteiger partial charge in [0.2, 0.25) is 0 Å². The highest BCUT2D eigenvalue weighted by Gasteiger charge is 2.19. The Morgan fingerprint density at radius 1 is 1.38 bits per heavy atom. The van der Waals surface area contributed by atoms with E-state index in [2.05, 4.69) is 9.84 Å². The smallest absolute Gasteiger partial charge is 0.435 e. The van der Waals surface area contributed by atoms with Gasteiger partial charge >= 0.3 is 12.1 Å². The van der Waals surface area contributed by atoms with E-state index in [1.165, 1.54) is 19.4 Å². The number of esters is 1. The normalized spacial score (nSPS) is 11.0. The summed E-state index contributed by atoms with van der Waals surface area (Å²) in [6.45, 7) is 5.24. The average molecular weight is 226 g/mol. The van der Waals surface area contributed by atoms with E-state index in [0.717, 1.165) is 4.68 Å². The predicted octanol–water partition coefficient (Wildman–Crippen LogP) is 1.45. The van der Waals surface area contributed by atoms with Gasteiger partial charge in [-0.1, -0.05) is 0 Å². The minimum Gasteiger partial charge on any atom is -0.464 e. The molecular weight excluding hydrogens is 212 g/mol. The van der Waals surface area contributed by atoms with E-state index in [-0.39, 0.29) is 5.69 Å². The van der Waals surface area contributed by atoms with Crippen molar-refractivity contribution < 1.29 is 19.1 Å². The van der Waals surface area contributed by atoms with Crippen molar-refractivity contribution in [1.29, 1.82) is 0 Å². The lowest BCUT2D eigenvalue weighted by Crippen LogP contribution is -2.27. The molecule has 0 aliphatic carbocycles. The minimum atomic E-state index is -0.636. The maximum Gasteiger partial charge on any atom is 0.435 e. The fraction of sp³-hybridized carbons (Fsp3) is 0.500. The fourth-order valence-electron chi connectivity index (χ4n) is 0.948. The minimum absolute atomic E-state index is 0.0633. The molecule has 1 heterocycles. The summed E-state index contributed by atoms with van der Waals surface area (Å²) in [5.41, 5.74) is -0.539. The van der Waals surface area contributed by atoms with Gasteiger partial charge in [0.25, 0.3) is 0 Å². The van der Waals surface area contributed by atoms with Crippen molar-refractivity contribution in [1.82, 2.24) is 9.78 Å². The Kier molecular flexibility index (Phi) is 3.31. The third kappa shape index (κ3) is 3.08. The molecule has 6 nitrogen and oxygen atoms in total. The molecule has 0 radical (unpaired) electrons. The third-order valence-electron chi connectivity index (χ3n) is 1.56. The lowest BCUT2D eigenvalue weighted by molar-refractivity contribution is 0.0511. The van der Waals surface area contributed by atoms with E-state index < -0.39 is 17.7 Å². The first-order chi connectivity index (χ1) is 7.33. The van der Waals surface area contributed by atoms with Crippen molar-refractivity contribution in [3.8, 4) is 0 Å². The van der Waals surface area contributed by atoms with Crippen molar-refractivity contribution in [2.75, 3.05) is 7.11 Å². The summed E-state index contributed by atoms with van der Waals surface area (Å²) >= 11 is 0. The Labute approximate surface area is 93.1 Å². The van der Waals surface area contributed by atoms with Crippen molar-refractivity contribution in [3.63, 3.8) is 0 Å². The van der Waals surface area contributed by atoms with Gasteiger partial charge in [0.1, 0.15) is 5.60 Å². The monoisotopic (exact) mass is 226 g/mol. The van der Waals surface area contributed by atoms with Gasteiger partial charge in [-0.15, -0.1) is 0 Å². The Bertz CT molecular complexity index is 403. The summed E-state index contributed by atoms with van der Waals surface area (Å²) in [5.74, 6) is -0.595. The summed E-state index contributed by atoms with van der Waals surface area (Å²) in [6, 6.07) is 1.38. The van der Waals surface area contributed by atoms with Crippen molar-refractivity contribution in [2.24, 2.45) is 0 Å². The molecule has 0 unspecified atom stereocenters. The topological polar surface area (TPSA) is 70.4 Å². The molecule has 0 aromatic carbocycles. The van der Waals surface area contributed by atoms with E-state index in [4.69, 9.17) is 4.74 Å². The quantitative estimate of drug-likeness (QED) is 0.678. The van der Waals surface area contributed by atoms with Crippen LogP contribution in [-0.4, -0.2) is 34.6 Å². The van der Waals surface area contributed by atoms with E-state index in [1.807, 2.05) is 0 Å². The van der Waals surface area contributed by atoms with Crippen LogP contribution in [0.5, 0.6) is 0 Å². The lowest BCUT2D eigenvalue weighted by Gasteiger charge is -2.18. The molecular formula is C10H14N2O4. The zero-order valence-corrected chi connectivity index (χ0v) is 9.68. The number of hydrogen-bond acceptors (Lipinski definition) is 5. The summed E-state index contributed by atoms with van der Waals surface area (Å²) in [7, 11) is 1.24. The van der Waals surface area contributed by atoms with Crippen LogP contribution in [-0.2, 0) is 9.47 Å². The molecule has 0 spiro atoms. The van der Waals surface area contributed by atoms with Gasteiger partial charge in [0.15, 0.2) is 5.69 Å². The van der Waals surface area contributed by atoms with Gasteiger partial charge in [-0.2, -0.15) is 9.78 Å². The Morgan fingerprint density at radius 2 is 2.00 bits per heavy atom. The zero-order valence-electron chi connectivity index (χ0n) is 9.68. The Hall–Kier alpha value is -1.85. The largest absolute Gasteiger partial charge is 0.464 e. The summed E-state index contributed by atoms with van der Waals surface area (Å²) in [6.07, 6.45) is 0.711. The zero-order chi connectivity index (χ0) is 12.3. The number of carbonyl (C=O) groups is 2. The van der Waals surface area contributed by atoms with Crippen LogP contribution < -0.4 is 0 Å². The molecule has 6 heteroatoms. The highest BCUT2D eigenvalue weighted by Crippen LogP contribution is 2.09. The van der Waals surface area contributed by atoms with Crippen LogP contribution in [0.1, 0.15) is 31.3 Å². The highest BCUT2D eigenvalue weighted by molar-refractivity contribution is 5.87. The molecule has 0 aliphatic rings. The van der Waals surface area contributed by atoms with Crippen molar-refractivity contribution in [2.45, 2.75) is 26.4 Å². The van der Waals surface area contributed by atoms with Gasteiger partial charge in [-0.3, -0.25) is 0 Å². The second-order valence-electron chi connectivity index (χ2n) is 4.12. The van der Waals surface area contributed by atoms with E-state index in [0.29, 0.717) is 0 Å². The predicted molar refractivity (Wildman–Crippen MR) is 55.2 cm³/mol. The van der Waals surface area contributed by atoms with Crippen LogP contribution in [0.15, 0.2) is 12.3 Å². The maximum absolute atomic E-state index is 11.5. The molecule has 88 valence electrons. The maximum atomic E-state index is 11.5. The summed E-state index contributed by atoms with van der Waals surface area (Å²) < 4.78 is 10.5. The number of ether oxygens (including phenoxy) is 2. The molecule has 0 atom stereocenters. The number of nitrogens with zero attached hydrogens (tertiary/aromatic N) is 2. The molecule has 1 aromatic heterocycles. The van der Waals surface area contributed by atoms with Gasteiger partial charge in [0.05, 0.1) is 7.11 Å². The van der Waals surface area contributed by atoms with Crippen LogP contribution in [0, 0.1) is 0 Å². The molecule has 0 saturated carbocycles. The van der Waals surface area contributed by atoms with Gasteiger partial charge in [-0.25, -0.2) is 9.59 Å². The second kappa shape index (κ2) is 4.34. The SMILES string of the molecule is COC(=O)c1ccn(C(=O)OC(C)(C)C)n1. The van der Waals surface area contributed by atoms with Gasteiger partial charge < -0.3 is 9.47 Å².